The topological polar surface area (TPSA) is 29.1 Å². The van der Waals surface area contributed by atoms with E-state index in [4.69, 9.17) is 0 Å². The highest BCUT2D eigenvalue weighted by Gasteiger charge is 2.34. The van der Waals surface area contributed by atoms with Crippen molar-refractivity contribution in [1.82, 2.24) is 5.32 Å². The summed E-state index contributed by atoms with van der Waals surface area (Å²) in [5, 5.41) is 3.01. The van der Waals surface area contributed by atoms with Crippen molar-refractivity contribution in [3.8, 4) is 0 Å². The number of hydrogen-bond donors (Lipinski definition) is 1. The number of hydrogen-bond acceptors (Lipinski definition) is 1. The van der Waals surface area contributed by atoms with Gasteiger partial charge in [0.2, 0.25) is 5.91 Å². The van der Waals surface area contributed by atoms with E-state index in [0.717, 1.165) is 19.4 Å². The van der Waals surface area contributed by atoms with Gasteiger partial charge >= 0.3 is 0 Å². The van der Waals surface area contributed by atoms with Crippen LogP contribution in [0.3, 0.4) is 0 Å². The molecule has 1 fully saturated rings. The number of nitrogens with one attached hydrogen (secondary N) is 1. The van der Waals surface area contributed by atoms with Crippen LogP contribution in [-0.2, 0) is 4.79 Å². The molecule has 0 radical (unpaired) electrons. The molecular weight excluding hydrogens is 174 g/mol. The molecule has 1 N–H and O–H groups in total. The van der Waals surface area contributed by atoms with E-state index in [1.165, 1.54) is 11.1 Å². The van der Waals surface area contributed by atoms with Crippen LogP contribution >= 0.6 is 0 Å². The Balaban J connectivity index is 2.19. The molecule has 1 aromatic carbocycles. The summed E-state index contributed by atoms with van der Waals surface area (Å²) < 4.78 is 0. The van der Waals surface area contributed by atoms with E-state index < -0.39 is 0 Å². The maximum absolute atomic E-state index is 11.7. The Hall–Kier alpha value is -1.31. The number of benzene rings is 1. The normalized spacial score (nSPS) is 29.3. The molecule has 2 atom stereocenters. The number of rotatable bonds is 0. The van der Waals surface area contributed by atoms with Crippen LogP contribution in [0.4, 0.5) is 0 Å². The van der Waals surface area contributed by atoms with Gasteiger partial charge in [-0.25, -0.2) is 0 Å². The molecule has 2 nitrogen and oxygen atoms in total. The highest BCUT2D eigenvalue weighted by Crippen LogP contribution is 2.40. The lowest BCUT2D eigenvalue weighted by atomic mass is 9.78. The van der Waals surface area contributed by atoms with Gasteiger partial charge in [0.1, 0.15) is 0 Å². The van der Waals surface area contributed by atoms with Gasteiger partial charge in [0.05, 0.1) is 5.92 Å². The molecule has 1 amide bonds. The molecule has 1 aliphatic carbocycles. The first-order valence-corrected chi connectivity index (χ1v) is 5.23. The lowest BCUT2D eigenvalue weighted by molar-refractivity contribution is -0.122. The van der Waals surface area contributed by atoms with E-state index in [1.807, 2.05) is 6.07 Å². The van der Waals surface area contributed by atoms with Crippen LogP contribution in [0.1, 0.15) is 35.8 Å². The smallest absolute Gasteiger partial charge is 0.227 e. The van der Waals surface area contributed by atoms with E-state index in [9.17, 15) is 4.79 Å². The predicted molar refractivity (Wildman–Crippen MR) is 54.2 cm³/mol. The van der Waals surface area contributed by atoms with Gasteiger partial charge in [0, 0.05) is 12.5 Å². The van der Waals surface area contributed by atoms with Crippen molar-refractivity contribution in [2.45, 2.75) is 24.7 Å². The molecule has 0 aromatic heterocycles. The standard InChI is InChI=1S/C12H13NO/c14-12-11-6-5-8(7-13-12)9-3-1-2-4-10(9)11/h1-4,8,11H,5-7H2,(H,13,14)/t8-,11-/m0/s1. The van der Waals surface area contributed by atoms with E-state index in [-0.39, 0.29) is 11.8 Å². The summed E-state index contributed by atoms with van der Waals surface area (Å²) in [7, 11) is 0. The molecule has 4 rings (SSSR count). The minimum Gasteiger partial charge on any atom is -0.355 e. The van der Waals surface area contributed by atoms with Crippen LogP contribution in [0.15, 0.2) is 24.3 Å². The third-order valence-corrected chi connectivity index (χ3v) is 3.45. The molecule has 0 spiro atoms. The van der Waals surface area contributed by atoms with Gasteiger partial charge in [0.25, 0.3) is 0 Å². The van der Waals surface area contributed by atoms with Crippen molar-refractivity contribution in [3.63, 3.8) is 0 Å². The molecule has 3 aliphatic rings. The third-order valence-electron chi connectivity index (χ3n) is 3.45. The number of fused-ring (bicyclic) bond motifs is 3. The number of carbonyl (C=O) groups excluding carboxylic acids is 1. The predicted octanol–water partition coefficient (Wildman–Crippen LogP) is 1.78. The Morgan fingerprint density at radius 3 is 2.79 bits per heavy atom. The lowest BCUT2D eigenvalue weighted by Crippen LogP contribution is -2.26. The summed E-state index contributed by atoms with van der Waals surface area (Å²) in [6.07, 6.45) is 2.17. The van der Waals surface area contributed by atoms with Gasteiger partial charge in [-0.1, -0.05) is 24.3 Å². The summed E-state index contributed by atoms with van der Waals surface area (Å²) in [5.41, 5.74) is 2.65. The summed E-state index contributed by atoms with van der Waals surface area (Å²) in [6.45, 7) is 0.826. The van der Waals surface area contributed by atoms with Crippen molar-refractivity contribution in [2.75, 3.05) is 6.54 Å². The van der Waals surface area contributed by atoms with Crippen molar-refractivity contribution in [3.05, 3.63) is 35.4 Å². The second-order valence-electron chi connectivity index (χ2n) is 4.20. The maximum atomic E-state index is 11.7. The SMILES string of the molecule is O=C1NC[C@@H]2CC[C@H]1c1ccccc12. The van der Waals surface area contributed by atoms with Gasteiger partial charge in [0.15, 0.2) is 0 Å². The second-order valence-corrected chi connectivity index (χ2v) is 4.20. The quantitative estimate of drug-likeness (QED) is 0.659. The fourth-order valence-corrected chi connectivity index (χ4v) is 2.71. The molecule has 14 heavy (non-hydrogen) atoms. The van der Waals surface area contributed by atoms with Crippen LogP contribution < -0.4 is 5.32 Å². The molecule has 1 saturated heterocycles. The van der Waals surface area contributed by atoms with Crippen LogP contribution in [-0.4, -0.2) is 12.5 Å². The van der Waals surface area contributed by atoms with Crippen molar-refractivity contribution >= 4 is 5.91 Å². The summed E-state index contributed by atoms with van der Waals surface area (Å²) in [5.74, 6) is 0.885. The molecular formula is C12H13NO. The first-order valence-electron chi connectivity index (χ1n) is 5.23. The maximum Gasteiger partial charge on any atom is 0.227 e. The fourth-order valence-electron chi connectivity index (χ4n) is 2.71. The monoisotopic (exact) mass is 187 g/mol. The Labute approximate surface area is 83.3 Å². The van der Waals surface area contributed by atoms with Crippen LogP contribution in [0.5, 0.6) is 0 Å². The van der Waals surface area contributed by atoms with Gasteiger partial charge in [-0.05, 0) is 24.0 Å². The van der Waals surface area contributed by atoms with Crippen LogP contribution in [0.2, 0.25) is 0 Å². The average molecular weight is 187 g/mol. The largest absolute Gasteiger partial charge is 0.355 e. The Kier molecular flexibility index (Phi) is 1.63. The van der Waals surface area contributed by atoms with E-state index >= 15 is 0 Å². The first kappa shape index (κ1) is 8.04. The molecule has 2 aliphatic heterocycles. The van der Waals surface area contributed by atoms with Crippen LogP contribution in [0, 0.1) is 0 Å². The molecule has 2 bridgehead atoms. The zero-order valence-electron chi connectivity index (χ0n) is 7.99. The molecule has 2 heterocycles. The minimum atomic E-state index is 0.116. The Morgan fingerprint density at radius 2 is 1.93 bits per heavy atom. The number of carbonyl (C=O) groups is 1. The van der Waals surface area contributed by atoms with Crippen molar-refractivity contribution in [1.29, 1.82) is 0 Å². The van der Waals surface area contributed by atoms with Gasteiger partial charge in [-0.2, -0.15) is 0 Å². The van der Waals surface area contributed by atoms with Crippen molar-refractivity contribution < 1.29 is 4.79 Å². The average Bonchev–Trinajstić information content (AvgIpc) is 2.49. The highest BCUT2D eigenvalue weighted by atomic mass is 16.1. The zero-order chi connectivity index (χ0) is 9.54. The van der Waals surface area contributed by atoms with E-state index in [1.54, 1.807) is 0 Å². The molecule has 1 aromatic rings. The number of amides is 1. The molecule has 2 heteroatoms. The van der Waals surface area contributed by atoms with Crippen LogP contribution in [0.25, 0.3) is 0 Å². The summed E-state index contributed by atoms with van der Waals surface area (Å²) in [4.78, 5) is 11.7. The van der Waals surface area contributed by atoms with Gasteiger partial charge in [-0.15, -0.1) is 0 Å². The Morgan fingerprint density at radius 1 is 1.14 bits per heavy atom. The summed E-state index contributed by atoms with van der Waals surface area (Å²) in [6, 6.07) is 8.39. The van der Waals surface area contributed by atoms with E-state index in [2.05, 4.69) is 23.5 Å². The summed E-state index contributed by atoms with van der Waals surface area (Å²) >= 11 is 0. The fraction of sp³-hybridized carbons (Fsp3) is 0.417. The van der Waals surface area contributed by atoms with Crippen molar-refractivity contribution in [2.24, 2.45) is 0 Å². The zero-order valence-corrected chi connectivity index (χ0v) is 7.99. The third kappa shape index (κ3) is 0.999. The van der Waals surface area contributed by atoms with Gasteiger partial charge < -0.3 is 5.32 Å². The first-order chi connectivity index (χ1) is 6.86. The minimum absolute atomic E-state index is 0.116. The Bertz CT molecular complexity index is 386. The molecule has 72 valence electrons. The molecule has 0 saturated carbocycles. The van der Waals surface area contributed by atoms with E-state index in [0.29, 0.717) is 5.92 Å². The second kappa shape index (κ2) is 2.84. The lowest BCUT2D eigenvalue weighted by Gasteiger charge is -2.24. The van der Waals surface area contributed by atoms with Gasteiger partial charge in [-0.3, -0.25) is 4.79 Å². The molecule has 0 unspecified atom stereocenters. The highest BCUT2D eigenvalue weighted by molar-refractivity contribution is 5.85.